The van der Waals surface area contributed by atoms with Crippen LogP contribution in [0.15, 0.2) is 164 Å². The smallest absolute Gasteiger partial charge is 0.252 e. The number of nitrogens with zero attached hydrogens (tertiary/aromatic N) is 2. The van der Waals surface area contributed by atoms with Crippen molar-refractivity contribution in [3.8, 4) is 11.1 Å². The van der Waals surface area contributed by atoms with Gasteiger partial charge in [0.25, 0.3) is 6.71 Å². The highest BCUT2D eigenvalue weighted by Gasteiger charge is 2.48. The van der Waals surface area contributed by atoms with Crippen molar-refractivity contribution in [2.24, 2.45) is 0 Å². The predicted octanol–water partition coefficient (Wildman–Crippen LogP) is 19.2. The average molecular weight is 1050 g/mol. The van der Waals surface area contributed by atoms with E-state index >= 15 is 0 Å². The molecule has 2 heterocycles. The number of rotatable bonds is 8. The summed E-state index contributed by atoms with van der Waals surface area (Å²) in [7, 11) is 0. The van der Waals surface area contributed by atoms with Gasteiger partial charge in [-0.25, -0.2) is 0 Å². The monoisotopic (exact) mass is 1050 g/mol. The van der Waals surface area contributed by atoms with Crippen LogP contribution in [0, 0.1) is 0 Å². The summed E-state index contributed by atoms with van der Waals surface area (Å²) < 4.78 is 0. The summed E-state index contributed by atoms with van der Waals surface area (Å²) in [6.45, 7) is 41.3. The first kappa shape index (κ1) is 54.0. The van der Waals surface area contributed by atoms with E-state index in [-0.39, 0.29) is 50.5 Å². The topological polar surface area (TPSA) is 6.48 Å². The molecule has 8 aromatic rings. The van der Waals surface area contributed by atoms with Crippen molar-refractivity contribution < 1.29 is 0 Å². The fraction of sp³-hybridized carbons (Fsp3) is 0.377. The van der Waals surface area contributed by atoms with Crippen molar-refractivity contribution in [1.29, 1.82) is 0 Å². The Morgan fingerprint density at radius 3 is 1.44 bits per heavy atom. The average Bonchev–Trinajstić information content (AvgIpc) is 3.55. The summed E-state index contributed by atoms with van der Waals surface area (Å²) in [5, 5.41) is 0. The summed E-state index contributed by atoms with van der Waals surface area (Å²) in [5.41, 5.74) is 27.8. The Kier molecular flexibility index (Phi) is 12.5. The first-order valence-electron chi connectivity index (χ1n) is 30.2. The molecule has 0 spiro atoms. The Labute approximate surface area is 482 Å². The Balaban J connectivity index is 1.22. The van der Waals surface area contributed by atoms with Crippen LogP contribution < -0.4 is 26.2 Å². The molecule has 2 aliphatic heterocycles. The lowest BCUT2D eigenvalue weighted by molar-refractivity contribution is 0.332. The first-order chi connectivity index (χ1) is 37.6. The standard InChI is InChI=1S/C77H87BN2/c1-49(2)51-42-68-70-69(43-51)80(65-35-31-55(76(14,15)52-26-20-18-21-27-52)44-58(65)50-25-24-30-54(41-50)71(3,4)5)66-36-32-56(77(16,17)53-28-22-19-23-29-53)45-63(66)78(70)64-47-61-62(75(12,13)40-39-74(61,10)11)48-67(64)79(68)57-33-34-59-60(46-57)73(8,9)38-37-72(59,6)7/h18-36,41-49H,37-40H2,1-17H3. The van der Waals surface area contributed by atoms with Gasteiger partial charge in [-0.3, -0.25) is 0 Å². The maximum atomic E-state index is 2.74. The highest BCUT2D eigenvalue weighted by Crippen LogP contribution is 2.54. The Hall–Kier alpha value is -6.58. The van der Waals surface area contributed by atoms with Crippen molar-refractivity contribution in [3.63, 3.8) is 0 Å². The Morgan fingerprint density at radius 1 is 0.388 bits per heavy atom. The van der Waals surface area contributed by atoms with Crippen LogP contribution in [-0.4, -0.2) is 6.71 Å². The number of benzene rings is 8. The molecule has 8 aromatic carbocycles. The molecule has 0 radical (unpaired) electrons. The van der Waals surface area contributed by atoms with Gasteiger partial charge in [-0.05, 0) is 185 Å². The molecule has 80 heavy (non-hydrogen) atoms. The quantitative estimate of drug-likeness (QED) is 0.140. The van der Waals surface area contributed by atoms with Crippen molar-refractivity contribution in [2.75, 3.05) is 9.80 Å². The van der Waals surface area contributed by atoms with E-state index in [4.69, 9.17) is 0 Å². The lowest BCUT2D eigenvalue weighted by Gasteiger charge is -2.48. The van der Waals surface area contributed by atoms with Crippen molar-refractivity contribution in [3.05, 3.63) is 219 Å². The molecule has 0 bridgehead atoms. The van der Waals surface area contributed by atoms with E-state index in [0.717, 1.165) is 12.8 Å². The molecule has 0 amide bonds. The van der Waals surface area contributed by atoms with E-state index in [2.05, 4.69) is 291 Å². The van der Waals surface area contributed by atoms with E-state index in [1.807, 2.05) is 0 Å². The van der Waals surface area contributed by atoms with Gasteiger partial charge >= 0.3 is 0 Å². The summed E-state index contributed by atoms with van der Waals surface area (Å²) in [6.07, 6.45) is 4.67. The van der Waals surface area contributed by atoms with E-state index < -0.39 is 0 Å². The summed E-state index contributed by atoms with van der Waals surface area (Å²) in [4.78, 5) is 5.45. The van der Waals surface area contributed by atoms with Gasteiger partial charge in [0.15, 0.2) is 0 Å². The van der Waals surface area contributed by atoms with Gasteiger partial charge < -0.3 is 9.80 Å². The highest BCUT2D eigenvalue weighted by atomic mass is 15.2. The molecule has 12 rings (SSSR count). The van der Waals surface area contributed by atoms with E-state index in [9.17, 15) is 0 Å². The maximum absolute atomic E-state index is 2.74. The fourth-order valence-corrected chi connectivity index (χ4v) is 14.6. The molecular formula is C77H87BN2. The number of hydrogen-bond acceptors (Lipinski definition) is 2. The molecule has 3 heteroatoms. The zero-order chi connectivity index (χ0) is 56.9. The van der Waals surface area contributed by atoms with E-state index in [0.29, 0.717) is 0 Å². The van der Waals surface area contributed by atoms with Crippen LogP contribution in [0.4, 0.5) is 34.1 Å². The molecule has 0 saturated heterocycles. The molecule has 2 aliphatic carbocycles. The van der Waals surface area contributed by atoms with Crippen molar-refractivity contribution >= 4 is 57.2 Å². The van der Waals surface area contributed by atoms with Crippen LogP contribution in [0.3, 0.4) is 0 Å². The van der Waals surface area contributed by atoms with Crippen LogP contribution in [0.1, 0.15) is 205 Å². The lowest BCUT2D eigenvalue weighted by Crippen LogP contribution is -2.62. The summed E-state index contributed by atoms with van der Waals surface area (Å²) in [6, 6.07) is 64.9. The molecule has 4 aliphatic rings. The zero-order valence-corrected chi connectivity index (χ0v) is 51.5. The second-order valence-corrected chi connectivity index (χ2v) is 29.8. The third kappa shape index (κ3) is 8.65. The lowest BCUT2D eigenvalue weighted by atomic mass is 9.32. The minimum absolute atomic E-state index is 0.0171. The number of anilines is 6. The van der Waals surface area contributed by atoms with Crippen LogP contribution >= 0.6 is 0 Å². The fourth-order valence-electron chi connectivity index (χ4n) is 14.6. The highest BCUT2D eigenvalue weighted by molar-refractivity contribution is 7.00. The minimum Gasteiger partial charge on any atom is -0.311 e. The molecule has 408 valence electrons. The van der Waals surface area contributed by atoms with Crippen LogP contribution in [-0.2, 0) is 37.9 Å². The van der Waals surface area contributed by atoms with Crippen molar-refractivity contribution in [1.82, 2.24) is 0 Å². The molecular weight excluding hydrogens is 964 g/mol. The van der Waals surface area contributed by atoms with E-state index in [1.54, 1.807) is 0 Å². The Morgan fingerprint density at radius 2 is 0.875 bits per heavy atom. The van der Waals surface area contributed by atoms with Gasteiger partial charge in [0.2, 0.25) is 0 Å². The molecule has 0 fully saturated rings. The third-order valence-electron chi connectivity index (χ3n) is 20.5. The molecule has 0 saturated carbocycles. The van der Waals surface area contributed by atoms with Crippen LogP contribution in [0.5, 0.6) is 0 Å². The summed E-state index contributed by atoms with van der Waals surface area (Å²) >= 11 is 0. The van der Waals surface area contributed by atoms with Gasteiger partial charge in [-0.2, -0.15) is 0 Å². The zero-order valence-electron chi connectivity index (χ0n) is 51.5. The van der Waals surface area contributed by atoms with Crippen LogP contribution in [0.25, 0.3) is 11.1 Å². The van der Waals surface area contributed by atoms with Gasteiger partial charge in [-0.15, -0.1) is 0 Å². The van der Waals surface area contributed by atoms with Gasteiger partial charge in [0.05, 0.1) is 5.69 Å². The second kappa shape index (κ2) is 18.5. The minimum atomic E-state index is -0.260. The van der Waals surface area contributed by atoms with Gasteiger partial charge in [-0.1, -0.05) is 233 Å². The SMILES string of the molecule is CC(C)c1cc2c3c(c1)N(c1ccc(C(C)(C)c4ccccc4)cc1-c1cccc(C(C)(C)C)c1)c1ccc(C(C)(C)c4ccccc4)cc1B3c1cc3c(cc1N2c1ccc2c(c1)C(C)(C)CCC2(C)C)C(C)(C)CCC3(C)C. The van der Waals surface area contributed by atoms with Crippen molar-refractivity contribution in [2.45, 2.75) is 187 Å². The predicted molar refractivity (Wildman–Crippen MR) is 346 cm³/mol. The molecule has 0 aromatic heterocycles. The van der Waals surface area contributed by atoms with Crippen LogP contribution in [0.2, 0.25) is 0 Å². The maximum Gasteiger partial charge on any atom is 0.252 e. The number of hydrogen-bond donors (Lipinski definition) is 0. The van der Waals surface area contributed by atoms with E-state index in [1.165, 1.54) is 130 Å². The molecule has 0 N–H and O–H groups in total. The summed E-state index contributed by atoms with van der Waals surface area (Å²) in [5.74, 6) is 0.277. The molecule has 0 atom stereocenters. The molecule has 2 nitrogen and oxygen atoms in total. The number of fused-ring (bicyclic) bond motifs is 6. The normalized spacial score (nSPS) is 17.6. The molecule has 0 unspecified atom stereocenters. The largest absolute Gasteiger partial charge is 0.311 e. The second-order valence-electron chi connectivity index (χ2n) is 29.8. The Bertz CT molecular complexity index is 3750. The first-order valence-corrected chi connectivity index (χ1v) is 30.2. The third-order valence-corrected chi connectivity index (χ3v) is 20.5. The van der Waals surface area contributed by atoms with Gasteiger partial charge in [0.1, 0.15) is 0 Å². The van der Waals surface area contributed by atoms with Gasteiger partial charge in [0, 0.05) is 44.8 Å².